The Morgan fingerprint density at radius 2 is 0.790 bits per heavy atom. The number of rotatable bonds is 4. The van der Waals surface area contributed by atoms with E-state index in [1.165, 1.54) is 55.6 Å². The molecule has 2 aliphatic rings. The van der Waals surface area contributed by atoms with Gasteiger partial charge in [-0.25, -0.2) is 9.97 Å². The Balaban J connectivity index is 1.08. The monoisotopic (exact) mass is 788 g/mol. The molecule has 0 N–H and O–H groups in total. The van der Waals surface area contributed by atoms with E-state index in [9.17, 15) is 0 Å². The van der Waals surface area contributed by atoms with E-state index >= 15 is 0 Å². The Morgan fingerprint density at radius 1 is 0.306 bits per heavy atom. The van der Waals surface area contributed by atoms with Gasteiger partial charge in [0.05, 0.1) is 16.8 Å². The highest BCUT2D eigenvalue weighted by atomic mass is 16.3. The summed E-state index contributed by atoms with van der Waals surface area (Å²) < 4.78 is 6.62. The highest BCUT2D eigenvalue weighted by Crippen LogP contribution is 2.61. The van der Waals surface area contributed by atoms with Crippen molar-refractivity contribution in [3.05, 3.63) is 241 Å². The van der Waals surface area contributed by atoms with E-state index in [1.807, 2.05) is 12.1 Å². The molecule has 2 aromatic heterocycles. The van der Waals surface area contributed by atoms with Gasteiger partial charge in [0.2, 0.25) is 0 Å². The summed E-state index contributed by atoms with van der Waals surface area (Å²) in [5, 5.41) is 2.15. The molecular weight excluding hydrogens is 753 g/mol. The van der Waals surface area contributed by atoms with Crippen LogP contribution in [0.2, 0.25) is 0 Å². The van der Waals surface area contributed by atoms with Crippen LogP contribution in [-0.4, -0.2) is 9.97 Å². The Labute approximate surface area is 359 Å². The second-order valence-corrected chi connectivity index (χ2v) is 16.3. The third-order valence-corrected chi connectivity index (χ3v) is 13.2. The molecule has 62 heavy (non-hydrogen) atoms. The number of fused-ring (bicyclic) bond motifs is 15. The largest absolute Gasteiger partial charge is 0.455 e. The molecule has 3 nitrogen and oxygen atoms in total. The lowest BCUT2D eigenvalue weighted by molar-refractivity contribution is 0.670. The van der Waals surface area contributed by atoms with Crippen LogP contribution in [0.4, 0.5) is 0 Å². The summed E-state index contributed by atoms with van der Waals surface area (Å²) in [4.78, 5) is 10.9. The molecule has 3 heteroatoms. The zero-order chi connectivity index (χ0) is 40.8. The minimum atomic E-state index is -0.559. The van der Waals surface area contributed by atoms with E-state index < -0.39 is 5.41 Å². The van der Waals surface area contributed by atoms with Gasteiger partial charge in [-0.15, -0.1) is 0 Å². The first kappa shape index (κ1) is 34.7. The van der Waals surface area contributed by atoms with Crippen LogP contribution in [0.1, 0.15) is 22.3 Å². The van der Waals surface area contributed by atoms with Gasteiger partial charge < -0.3 is 4.42 Å². The number of para-hydroxylation sites is 2. The van der Waals surface area contributed by atoms with E-state index in [2.05, 4.69) is 206 Å². The number of aromatic nitrogens is 2. The summed E-state index contributed by atoms with van der Waals surface area (Å²) in [6, 6.07) is 78.6. The standard InChI is InChI=1S/C59H36N2O/c1-2-17-37(18-3-1)39-19-4-7-25-45(39)54-36-55(48-28-16-27-47-46-26-11-15-32-56(46)62-57(47)48)61-58(60-54)38-33-34-53-49(35-38)44-24-10-14-31-52(44)59(53)50-29-12-8-22-42(50)40-20-5-6-21-41(40)43-23-9-13-30-51(43)59/h1-36H. The quantitative estimate of drug-likeness (QED) is 0.178. The molecule has 0 atom stereocenters. The normalized spacial score (nSPS) is 13.0. The average molecular weight is 789 g/mol. The maximum absolute atomic E-state index is 6.62. The summed E-state index contributed by atoms with van der Waals surface area (Å²) >= 11 is 0. The van der Waals surface area contributed by atoms with Crippen molar-refractivity contribution in [2.75, 3.05) is 0 Å². The van der Waals surface area contributed by atoms with Crippen molar-refractivity contribution in [3.8, 4) is 78.4 Å². The lowest BCUT2D eigenvalue weighted by atomic mass is 9.66. The lowest BCUT2D eigenvalue weighted by Gasteiger charge is -2.35. The van der Waals surface area contributed by atoms with Crippen LogP contribution in [0.3, 0.4) is 0 Å². The molecule has 11 aromatic rings. The number of nitrogens with zero attached hydrogens (tertiary/aromatic N) is 2. The van der Waals surface area contributed by atoms with Gasteiger partial charge in [0.1, 0.15) is 11.2 Å². The van der Waals surface area contributed by atoms with Crippen LogP contribution in [0.15, 0.2) is 223 Å². The van der Waals surface area contributed by atoms with Crippen molar-refractivity contribution in [1.82, 2.24) is 9.97 Å². The molecule has 0 aliphatic heterocycles. The van der Waals surface area contributed by atoms with Crippen LogP contribution >= 0.6 is 0 Å². The summed E-state index contributed by atoms with van der Waals surface area (Å²) in [6.07, 6.45) is 0. The van der Waals surface area contributed by atoms with Crippen molar-refractivity contribution >= 4 is 21.9 Å². The smallest absolute Gasteiger partial charge is 0.160 e. The number of hydrogen-bond donors (Lipinski definition) is 0. The number of hydrogen-bond acceptors (Lipinski definition) is 3. The molecular formula is C59H36N2O. The molecule has 1 spiro atoms. The number of furan rings is 1. The van der Waals surface area contributed by atoms with Gasteiger partial charge in [-0.05, 0) is 91.0 Å². The number of benzene rings is 9. The molecule has 0 radical (unpaired) electrons. The molecule has 0 fully saturated rings. The molecule has 2 aliphatic carbocycles. The van der Waals surface area contributed by atoms with Gasteiger partial charge in [0.25, 0.3) is 0 Å². The third-order valence-electron chi connectivity index (χ3n) is 13.2. The third kappa shape index (κ3) is 4.94. The first-order valence-electron chi connectivity index (χ1n) is 21.2. The van der Waals surface area contributed by atoms with Gasteiger partial charge in [0, 0.05) is 27.5 Å². The van der Waals surface area contributed by atoms with Crippen LogP contribution in [0, 0.1) is 0 Å². The second-order valence-electron chi connectivity index (χ2n) is 16.3. The van der Waals surface area contributed by atoms with Crippen molar-refractivity contribution in [3.63, 3.8) is 0 Å². The molecule has 0 saturated carbocycles. The molecule has 288 valence electrons. The highest BCUT2D eigenvalue weighted by molar-refractivity contribution is 6.09. The van der Waals surface area contributed by atoms with Gasteiger partial charge in [-0.2, -0.15) is 0 Å². The average Bonchev–Trinajstić information content (AvgIpc) is 3.84. The van der Waals surface area contributed by atoms with Crippen LogP contribution < -0.4 is 0 Å². The summed E-state index contributed by atoms with van der Waals surface area (Å²) in [5.41, 5.74) is 20.5. The predicted octanol–water partition coefficient (Wildman–Crippen LogP) is 15.1. The van der Waals surface area contributed by atoms with Crippen molar-refractivity contribution < 1.29 is 4.42 Å². The Hall–Kier alpha value is -8.14. The van der Waals surface area contributed by atoms with E-state index in [-0.39, 0.29) is 0 Å². The van der Waals surface area contributed by atoms with Crippen LogP contribution in [0.25, 0.3) is 100 Å². The summed E-state index contributed by atoms with van der Waals surface area (Å²) in [7, 11) is 0. The van der Waals surface area contributed by atoms with Crippen LogP contribution in [-0.2, 0) is 5.41 Å². The Morgan fingerprint density at radius 3 is 1.47 bits per heavy atom. The van der Waals surface area contributed by atoms with Gasteiger partial charge in [-0.3, -0.25) is 0 Å². The van der Waals surface area contributed by atoms with Crippen molar-refractivity contribution in [2.24, 2.45) is 0 Å². The molecule has 13 rings (SSSR count). The van der Waals surface area contributed by atoms with E-state index in [1.54, 1.807) is 0 Å². The fraction of sp³-hybridized carbons (Fsp3) is 0.0169. The fourth-order valence-corrected chi connectivity index (χ4v) is 10.6. The van der Waals surface area contributed by atoms with Crippen LogP contribution in [0.5, 0.6) is 0 Å². The first-order valence-corrected chi connectivity index (χ1v) is 21.2. The molecule has 2 heterocycles. The SMILES string of the molecule is c1ccc(-c2ccccc2-c2cc(-c3cccc4c3oc3ccccc34)nc(-c3ccc4c(c3)-c3ccccc3C43c4ccccc4-c4ccccc4-c4ccccc43)n2)cc1. The second kappa shape index (κ2) is 13.4. The topological polar surface area (TPSA) is 38.9 Å². The predicted molar refractivity (Wildman–Crippen MR) is 253 cm³/mol. The van der Waals surface area contributed by atoms with Gasteiger partial charge in [-0.1, -0.05) is 194 Å². The first-order chi connectivity index (χ1) is 30.8. The maximum Gasteiger partial charge on any atom is 0.160 e. The maximum atomic E-state index is 6.62. The molecule has 9 aromatic carbocycles. The van der Waals surface area contributed by atoms with Crippen molar-refractivity contribution in [1.29, 1.82) is 0 Å². The fourth-order valence-electron chi connectivity index (χ4n) is 10.6. The van der Waals surface area contributed by atoms with E-state index in [0.717, 1.165) is 61.1 Å². The minimum absolute atomic E-state index is 0.559. The molecule has 0 amide bonds. The Kier molecular flexibility index (Phi) is 7.52. The lowest BCUT2D eigenvalue weighted by Crippen LogP contribution is -2.29. The van der Waals surface area contributed by atoms with Crippen molar-refractivity contribution in [2.45, 2.75) is 5.41 Å². The highest BCUT2D eigenvalue weighted by Gasteiger charge is 2.49. The van der Waals surface area contributed by atoms with E-state index in [0.29, 0.717) is 5.82 Å². The minimum Gasteiger partial charge on any atom is -0.455 e. The summed E-state index contributed by atoms with van der Waals surface area (Å²) in [6.45, 7) is 0. The molecule has 0 saturated heterocycles. The van der Waals surface area contributed by atoms with Gasteiger partial charge in [0.15, 0.2) is 5.82 Å². The van der Waals surface area contributed by atoms with Gasteiger partial charge >= 0.3 is 0 Å². The summed E-state index contributed by atoms with van der Waals surface area (Å²) in [5.74, 6) is 0.656. The zero-order valence-corrected chi connectivity index (χ0v) is 33.6. The molecule has 0 bridgehead atoms. The Bertz CT molecular complexity index is 3530. The van der Waals surface area contributed by atoms with E-state index in [4.69, 9.17) is 14.4 Å². The zero-order valence-electron chi connectivity index (χ0n) is 33.6. The molecule has 0 unspecified atom stereocenters.